The Hall–Kier alpha value is -2.33. The van der Waals surface area contributed by atoms with Crippen LogP contribution in [0.25, 0.3) is 0 Å². The summed E-state index contributed by atoms with van der Waals surface area (Å²) in [6.07, 6.45) is 2.50. The number of rotatable bonds is 5. The number of amides is 1. The summed E-state index contributed by atoms with van der Waals surface area (Å²) in [4.78, 5) is 11.9. The maximum Gasteiger partial charge on any atom is 0.226 e. The second kappa shape index (κ2) is 7.09. The van der Waals surface area contributed by atoms with Crippen LogP contribution >= 0.6 is 0 Å². The summed E-state index contributed by atoms with van der Waals surface area (Å²) in [7, 11) is 0. The highest BCUT2D eigenvalue weighted by molar-refractivity contribution is 5.91. The van der Waals surface area contributed by atoms with Crippen LogP contribution < -0.4 is 10.1 Å². The summed E-state index contributed by atoms with van der Waals surface area (Å²) >= 11 is 0. The van der Waals surface area contributed by atoms with E-state index in [0.717, 1.165) is 36.6 Å². The Morgan fingerprint density at radius 2 is 1.82 bits per heavy atom. The van der Waals surface area contributed by atoms with Crippen LogP contribution in [0.5, 0.6) is 11.5 Å². The maximum atomic E-state index is 11.9. The SMILES string of the molecule is O=C(CC1CCCO1)Nc1ccc(Oc2ccccc2)cc1. The molecule has 0 spiro atoms. The number of hydrogen-bond donors (Lipinski definition) is 1. The highest BCUT2D eigenvalue weighted by Crippen LogP contribution is 2.23. The first-order chi connectivity index (χ1) is 10.8. The van der Waals surface area contributed by atoms with Crippen LogP contribution in [0.4, 0.5) is 5.69 Å². The highest BCUT2D eigenvalue weighted by Gasteiger charge is 2.18. The molecule has 0 saturated carbocycles. The fraction of sp³-hybridized carbons (Fsp3) is 0.278. The molecule has 0 aromatic heterocycles. The lowest BCUT2D eigenvalue weighted by Crippen LogP contribution is -2.19. The summed E-state index contributed by atoms with van der Waals surface area (Å²) in [6.45, 7) is 0.767. The first kappa shape index (κ1) is 14.6. The summed E-state index contributed by atoms with van der Waals surface area (Å²) in [6, 6.07) is 17.0. The van der Waals surface area contributed by atoms with Crippen molar-refractivity contribution >= 4 is 11.6 Å². The average molecular weight is 297 g/mol. The molecule has 1 heterocycles. The normalized spacial score (nSPS) is 17.2. The average Bonchev–Trinajstić information content (AvgIpc) is 3.03. The van der Waals surface area contributed by atoms with Crippen molar-refractivity contribution in [3.05, 3.63) is 54.6 Å². The fourth-order valence-corrected chi connectivity index (χ4v) is 2.46. The van der Waals surface area contributed by atoms with Gasteiger partial charge in [0.2, 0.25) is 5.91 Å². The van der Waals surface area contributed by atoms with Gasteiger partial charge in [0.05, 0.1) is 12.5 Å². The second-order valence-corrected chi connectivity index (χ2v) is 5.33. The van der Waals surface area contributed by atoms with E-state index in [-0.39, 0.29) is 12.0 Å². The first-order valence-corrected chi connectivity index (χ1v) is 7.54. The number of nitrogens with one attached hydrogen (secondary N) is 1. The van der Waals surface area contributed by atoms with E-state index in [4.69, 9.17) is 9.47 Å². The van der Waals surface area contributed by atoms with Crippen molar-refractivity contribution < 1.29 is 14.3 Å². The summed E-state index contributed by atoms with van der Waals surface area (Å²) < 4.78 is 11.2. The van der Waals surface area contributed by atoms with E-state index in [9.17, 15) is 4.79 Å². The number of hydrogen-bond acceptors (Lipinski definition) is 3. The fourth-order valence-electron chi connectivity index (χ4n) is 2.46. The zero-order chi connectivity index (χ0) is 15.2. The molecule has 4 nitrogen and oxygen atoms in total. The highest BCUT2D eigenvalue weighted by atomic mass is 16.5. The molecule has 3 rings (SSSR count). The molecule has 1 amide bonds. The third kappa shape index (κ3) is 4.09. The molecule has 1 unspecified atom stereocenters. The number of carbonyl (C=O) groups is 1. The summed E-state index contributed by atoms with van der Waals surface area (Å²) in [5.41, 5.74) is 0.767. The topological polar surface area (TPSA) is 47.6 Å². The Kier molecular flexibility index (Phi) is 4.71. The van der Waals surface area contributed by atoms with E-state index in [0.29, 0.717) is 6.42 Å². The van der Waals surface area contributed by atoms with Gasteiger partial charge in [-0.05, 0) is 49.2 Å². The molecular weight excluding hydrogens is 278 g/mol. The second-order valence-electron chi connectivity index (χ2n) is 5.33. The summed E-state index contributed by atoms with van der Waals surface area (Å²) in [5, 5.41) is 2.89. The molecule has 1 saturated heterocycles. The predicted octanol–water partition coefficient (Wildman–Crippen LogP) is 3.99. The van der Waals surface area contributed by atoms with E-state index in [2.05, 4.69) is 5.32 Å². The van der Waals surface area contributed by atoms with Crippen molar-refractivity contribution in [2.45, 2.75) is 25.4 Å². The predicted molar refractivity (Wildman–Crippen MR) is 85.2 cm³/mol. The maximum absolute atomic E-state index is 11.9. The minimum Gasteiger partial charge on any atom is -0.457 e. The van der Waals surface area contributed by atoms with Crippen LogP contribution in [0.1, 0.15) is 19.3 Å². The van der Waals surface area contributed by atoms with E-state index < -0.39 is 0 Å². The van der Waals surface area contributed by atoms with E-state index in [1.807, 2.05) is 54.6 Å². The Morgan fingerprint density at radius 1 is 1.09 bits per heavy atom. The third-order valence-electron chi connectivity index (χ3n) is 3.55. The third-order valence-corrected chi connectivity index (χ3v) is 3.55. The number of ether oxygens (including phenoxy) is 2. The van der Waals surface area contributed by atoms with Crippen LogP contribution in [0, 0.1) is 0 Å². The number of benzene rings is 2. The van der Waals surface area contributed by atoms with Crippen LogP contribution in [-0.2, 0) is 9.53 Å². The zero-order valence-electron chi connectivity index (χ0n) is 12.3. The Balaban J connectivity index is 1.53. The van der Waals surface area contributed by atoms with Crippen LogP contribution in [0.2, 0.25) is 0 Å². The van der Waals surface area contributed by atoms with Crippen molar-refractivity contribution in [3.8, 4) is 11.5 Å². The number of anilines is 1. The number of carbonyl (C=O) groups excluding carboxylic acids is 1. The molecular formula is C18H19NO3. The molecule has 4 heteroatoms. The molecule has 114 valence electrons. The van der Waals surface area contributed by atoms with Gasteiger partial charge in [-0.25, -0.2) is 0 Å². The first-order valence-electron chi connectivity index (χ1n) is 7.54. The Bertz CT molecular complexity index is 604. The molecule has 0 aliphatic carbocycles. The van der Waals surface area contributed by atoms with Crippen LogP contribution in [0.3, 0.4) is 0 Å². The minimum atomic E-state index is -0.0105. The van der Waals surface area contributed by atoms with Crippen molar-refractivity contribution in [2.24, 2.45) is 0 Å². The van der Waals surface area contributed by atoms with Crippen molar-refractivity contribution in [2.75, 3.05) is 11.9 Å². The van der Waals surface area contributed by atoms with Gasteiger partial charge in [0, 0.05) is 12.3 Å². The van der Waals surface area contributed by atoms with E-state index in [1.54, 1.807) is 0 Å². The molecule has 1 fully saturated rings. The molecule has 1 N–H and O–H groups in total. The van der Waals surface area contributed by atoms with Gasteiger partial charge in [-0.3, -0.25) is 4.79 Å². The van der Waals surface area contributed by atoms with Gasteiger partial charge >= 0.3 is 0 Å². The summed E-state index contributed by atoms with van der Waals surface area (Å²) in [5.74, 6) is 1.52. The Labute approximate surface area is 130 Å². The van der Waals surface area contributed by atoms with Gasteiger partial charge in [0.15, 0.2) is 0 Å². The van der Waals surface area contributed by atoms with E-state index in [1.165, 1.54) is 0 Å². The molecule has 1 aliphatic heterocycles. The van der Waals surface area contributed by atoms with E-state index >= 15 is 0 Å². The van der Waals surface area contributed by atoms with Crippen molar-refractivity contribution in [1.82, 2.24) is 0 Å². The standard InChI is InChI=1S/C18H19NO3/c20-18(13-17-7-4-12-21-17)19-14-8-10-16(11-9-14)22-15-5-2-1-3-6-15/h1-3,5-6,8-11,17H,4,7,12-13H2,(H,19,20). The van der Waals surface area contributed by atoms with Crippen LogP contribution in [0.15, 0.2) is 54.6 Å². The number of para-hydroxylation sites is 1. The largest absolute Gasteiger partial charge is 0.457 e. The lowest BCUT2D eigenvalue weighted by atomic mass is 10.2. The lowest BCUT2D eigenvalue weighted by Gasteiger charge is -2.10. The van der Waals surface area contributed by atoms with Crippen molar-refractivity contribution in [1.29, 1.82) is 0 Å². The van der Waals surface area contributed by atoms with Gasteiger partial charge in [-0.2, -0.15) is 0 Å². The zero-order valence-corrected chi connectivity index (χ0v) is 12.3. The molecule has 1 aliphatic rings. The van der Waals surface area contributed by atoms with Gasteiger partial charge in [-0.15, -0.1) is 0 Å². The van der Waals surface area contributed by atoms with Gasteiger partial charge < -0.3 is 14.8 Å². The van der Waals surface area contributed by atoms with Gasteiger partial charge in [-0.1, -0.05) is 18.2 Å². The monoisotopic (exact) mass is 297 g/mol. The molecule has 2 aromatic carbocycles. The minimum absolute atomic E-state index is 0.0105. The Morgan fingerprint density at radius 3 is 2.50 bits per heavy atom. The van der Waals surface area contributed by atoms with Gasteiger partial charge in [0.1, 0.15) is 11.5 Å². The molecule has 2 aromatic rings. The molecule has 0 bridgehead atoms. The van der Waals surface area contributed by atoms with Crippen LogP contribution in [-0.4, -0.2) is 18.6 Å². The smallest absolute Gasteiger partial charge is 0.226 e. The molecule has 0 radical (unpaired) electrons. The van der Waals surface area contributed by atoms with Gasteiger partial charge in [0.25, 0.3) is 0 Å². The van der Waals surface area contributed by atoms with Crippen molar-refractivity contribution in [3.63, 3.8) is 0 Å². The molecule has 1 atom stereocenters. The molecule has 22 heavy (non-hydrogen) atoms. The quantitative estimate of drug-likeness (QED) is 0.908. The lowest BCUT2D eigenvalue weighted by molar-refractivity contribution is -0.118.